The molecule has 0 aliphatic rings. The third kappa shape index (κ3) is 6.16. The maximum atomic E-state index is 12.6. The summed E-state index contributed by atoms with van der Waals surface area (Å²) in [6.07, 6.45) is -0.0232. The second-order valence-corrected chi connectivity index (χ2v) is 6.90. The number of rotatable bonds is 7. The van der Waals surface area contributed by atoms with E-state index in [1.807, 2.05) is 0 Å². The Bertz CT molecular complexity index is 789. The number of carbonyl (C=O) groups excluding carboxylic acids is 2. The van der Waals surface area contributed by atoms with Crippen LogP contribution in [0.2, 0.25) is 10.0 Å². The molecular weight excluding hydrogens is 405 g/mol. The molecule has 0 unspecified atom stereocenters. The van der Waals surface area contributed by atoms with Crippen molar-refractivity contribution in [1.82, 2.24) is 5.32 Å². The van der Waals surface area contributed by atoms with Gasteiger partial charge in [0, 0.05) is 23.6 Å². The maximum Gasteiger partial charge on any atom is 0.289 e. The Hall–Kier alpha value is -1.83. The van der Waals surface area contributed by atoms with Crippen molar-refractivity contribution in [3.05, 3.63) is 58.1 Å². The number of anilines is 1. The first-order chi connectivity index (χ1) is 12.4. The summed E-state index contributed by atoms with van der Waals surface area (Å²) in [6.45, 7) is 0.0885. The molecule has 2 aromatic carbocycles. The monoisotopic (exact) mass is 418 g/mol. The highest BCUT2D eigenvalue weighted by Gasteiger charge is 2.15. The molecule has 0 saturated carbocycles. The number of carbonyl (C=O) groups is 2. The smallest absolute Gasteiger partial charge is 0.289 e. The van der Waals surface area contributed by atoms with Crippen LogP contribution in [0, 0.1) is 0 Å². The van der Waals surface area contributed by atoms with Gasteiger partial charge in [0.1, 0.15) is 0 Å². The molecule has 0 aliphatic heterocycles. The third-order valence-corrected chi connectivity index (χ3v) is 4.72. The lowest BCUT2D eigenvalue weighted by molar-refractivity contribution is -0.116. The summed E-state index contributed by atoms with van der Waals surface area (Å²) in [5, 5.41) is 5.77. The number of hydrogen-bond donors (Lipinski definition) is 2. The number of benzene rings is 2. The van der Waals surface area contributed by atoms with Gasteiger partial charge in [-0.3, -0.25) is 9.59 Å². The van der Waals surface area contributed by atoms with Crippen LogP contribution in [0.3, 0.4) is 0 Å². The van der Waals surface area contributed by atoms with Gasteiger partial charge in [-0.25, -0.2) is 0 Å². The largest absolute Gasteiger partial charge is 0.352 e. The average Bonchev–Trinajstić information content (AvgIpc) is 2.58. The zero-order valence-corrected chi connectivity index (χ0v) is 15.6. The predicted molar refractivity (Wildman–Crippen MR) is 100 cm³/mol. The van der Waals surface area contributed by atoms with E-state index in [1.54, 1.807) is 30.3 Å². The molecule has 0 fully saturated rings. The summed E-state index contributed by atoms with van der Waals surface area (Å²) in [5.41, 5.74) is 0.622. The van der Waals surface area contributed by atoms with Crippen molar-refractivity contribution in [3.8, 4) is 0 Å². The van der Waals surface area contributed by atoms with Crippen LogP contribution >= 0.6 is 35.0 Å². The molecule has 2 aromatic rings. The molecule has 0 aliphatic carbocycles. The van der Waals surface area contributed by atoms with Crippen LogP contribution in [0.5, 0.6) is 0 Å². The average molecular weight is 419 g/mol. The van der Waals surface area contributed by atoms with Crippen LogP contribution in [-0.4, -0.2) is 24.1 Å². The number of thioether (sulfide) groups is 1. The first-order valence-electron chi connectivity index (χ1n) is 7.43. The second-order valence-electron chi connectivity index (χ2n) is 5.06. The quantitative estimate of drug-likeness (QED) is 0.617. The van der Waals surface area contributed by atoms with Gasteiger partial charge >= 0.3 is 0 Å². The van der Waals surface area contributed by atoms with Gasteiger partial charge in [0.25, 0.3) is 11.7 Å². The molecule has 138 valence electrons. The van der Waals surface area contributed by atoms with Gasteiger partial charge in [-0.15, -0.1) is 0 Å². The van der Waals surface area contributed by atoms with E-state index in [9.17, 15) is 18.4 Å². The topological polar surface area (TPSA) is 58.2 Å². The molecule has 0 saturated heterocycles. The van der Waals surface area contributed by atoms with E-state index in [0.717, 1.165) is 0 Å². The Morgan fingerprint density at radius 2 is 1.77 bits per heavy atom. The van der Waals surface area contributed by atoms with Crippen LogP contribution in [-0.2, 0) is 4.79 Å². The number of amides is 2. The van der Waals surface area contributed by atoms with Gasteiger partial charge in [-0.2, -0.15) is 8.78 Å². The van der Waals surface area contributed by atoms with E-state index in [4.69, 9.17) is 23.2 Å². The van der Waals surface area contributed by atoms with E-state index in [2.05, 4.69) is 10.6 Å². The molecule has 2 rings (SSSR count). The van der Waals surface area contributed by atoms with E-state index in [-0.39, 0.29) is 46.2 Å². The third-order valence-electron chi connectivity index (χ3n) is 3.19. The highest BCUT2D eigenvalue weighted by atomic mass is 35.5. The predicted octanol–water partition coefficient (Wildman–Crippen LogP) is 5.07. The zero-order valence-electron chi connectivity index (χ0n) is 13.3. The van der Waals surface area contributed by atoms with Crippen molar-refractivity contribution in [2.75, 3.05) is 11.9 Å². The number of alkyl halides is 2. The lowest BCUT2D eigenvalue weighted by Gasteiger charge is -2.12. The molecule has 0 heterocycles. The van der Waals surface area contributed by atoms with Crippen LogP contribution in [0.25, 0.3) is 0 Å². The Balaban J connectivity index is 1.88. The molecule has 4 nitrogen and oxygen atoms in total. The first kappa shape index (κ1) is 20.5. The van der Waals surface area contributed by atoms with Gasteiger partial charge < -0.3 is 10.6 Å². The molecule has 2 N–H and O–H groups in total. The van der Waals surface area contributed by atoms with E-state index in [1.165, 1.54) is 12.1 Å². The minimum Gasteiger partial charge on any atom is -0.352 e. The molecule has 0 spiro atoms. The minimum absolute atomic E-state index is 0.0232. The summed E-state index contributed by atoms with van der Waals surface area (Å²) in [4.78, 5) is 24.0. The lowest BCUT2D eigenvalue weighted by Crippen LogP contribution is -2.27. The Morgan fingerprint density at radius 3 is 2.42 bits per heavy atom. The second kappa shape index (κ2) is 9.75. The molecular formula is C17H14Cl2F2N2O2S. The SMILES string of the molecule is O=C(CCNC(=O)c1ccc(Cl)cc1)Nc1cccc(Cl)c1SC(F)F. The van der Waals surface area contributed by atoms with Crippen molar-refractivity contribution >= 4 is 52.5 Å². The van der Waals surface area contributed by atoms with Crippen LogP contribution in [0.4, 0.5) is 14.5 Å². The van der Waals surface area contributed by atoms with Crippen LogP contribution in [0.15, 0.2) is 47.4 Å². The Morgan fingerprint density at radius 1 is 1.08 bits per heavy atom. The molecule has 0 bridgehead atoms. The van der Waals surface area contributed by atoms with E-state index < -0.39 is 11.7 Å². The van der Waals surface area contributed by atoms with Crippen LogP contribution < -0.4 is 10.6 Å². The van der Waals surface area contributed by atoms with E-state index in [0.29, 0.717) is 10.6 Å². The number of hydrogen-bond acceptors (Lipinski definition) is 3. The summed E-state index contributed by atoms with van der Waals surface area (Å²) in [5.74, 6) is -3.44. The molecule has 9 heteroatoms. The fourth-order valence-electron chi connectivity index (χ4n) is 2.02. The van der Waals surface area contributed by atoms with Crippen molar-refractivity contribution in [2.45, 2.75) is 17.1 Å². The molecule has 0 aromatic heterocycles. The first-order valence-corrected chi connectivity index (χ1v) is 9.07. The lowest BCUT2D eigenvalue weighted by atomic mass is 10.2. The highest BCUT2D eigenvalue weighted by molar-refractivity contribution is 7.99. The minimum atomic E-state index is -2.66. The molecule has 26 heavy (non-hydrogen) atoms. The van der Waals surface area contributed by atoms with Gasteiger partial charge in [0.05, 0.1) is 15.6 Å². The van der Waals surface area contributed by atoms with Crippen molar-refractivity contribution in [1.29, 1.82) is 0 Å². The summed E-state index contributed by atoms with van der Waals surface area (Å²) < 4.78 is 25.3. The van der Waals surface area contributed by atoms with Crippen LogP contribution in [0.1, 0.15) is 16.8 Å². The van der Waals surface area contributed by atoms with E-state index >= 15 is 0 Å². The zero-order chi connectivity index (χ0) is 19.1. The fraction of sp³-hybridized carbons (Fsp3) is 0.176. The summed E-state index contributed by atoms with van der Waals surface area (Å²) >= 11 is 11.9. The fourth-order valence-corrected chi connectivity index (χ4v) is 3.06. The van der Waals surface area contributed by atoms with Crippen molar-refractivity contribution in [2.24, 2.45) is 0 Å². The molecule has 0 atom stereocenters. The molecule has 0 radical (unpaired) electrons. The van der Waals surface area contributed by atoms with Crippen molar-refractivity contribution < 1.29 is 18.4 Å². The maximum absolute atomic E-state index is 12.6. The normalized spacial score (nSPS) is 10.7. The standard InChI is InChI=1S/C17H14Cl2F2N2O2S/c18-11-6-4-10(5-7-11)16(25)22-9-8-14(24)23-13-3-1-2-12(19)15(13)26-17(20)21/h1-7,17H,8-9H2,(H,22,25)(H,23,24). The van der Waals surface area contributed by atoms with Gasteiger partial charge in [-0.1, -0.05) is 41.0 Å². The highest BCUT2D eigenvalue weighted by Crippen LogP contribution is 2.37. The van der Waals surface area contributed by atoms with Crippen molar-refractivity contribution in [3.63, 3.8) is 0 Å². The summed E-state index contributed by atoms with van der Waals surface area (Å²) in [7, 11) is 0. The van der Waals surface area contributed by atoms with Gasteiger partial charge in [0.15, 0.2) is 0 Å². The Kier molecular flexibility index (Phi) is 7.68. The number of halogens is 4. The van der Waals surface area contributed by atoms with Gasteiger partial charge in [0.2, 0.25) is 5.91 Å². The van der Waals surface area contributed by atoms with Gasteiger partial charge in [-0.05, 0) is 36.4 Å². The summed E-state index contributed by atoms with van der Waals surface area (Å²) in [6, 6.07) is 10.8. The Labute approximate surface area is 163 Å². The number of nitrogens with one attached hydrogen (secondary N) is 2. The molecule has 2 amide bonds.